The van der Waals surface area contributed by atoms with Crippen LogP contribution >= 0.6 is 23.2 Å². The summed E-state index contributed by atoms with van der Waals surface area (Å²) in [5.74, 6) is -0.985. The van der Waals surface area contributed by atoms with Gasteiger partial charge in [0.15, 0.2) is 0 Å². The number of halogens is 3. The monoisotopic (exact) mass is 382 g/mol. The lowest BCUT2D eigenvalue weighted by molar-refractivity contribution is -0.132. The van der Waals surface area contributed by atoms with Crippen LogP contribution in [0.5, 0.6) is 0 Å². The van der Waals surface area contributed by atoms with Crippen molar-refractivity contribution in [1.29, 1.82) is 0 Å². The number of benzene rings is 2. The first-order valence-corrected chi connectivity index (χ1v) is 8.35. The van der Waals surface area contributed by atoms with Crippen molar-refractivity contribution in [3.8, 4) is 0 Å². The molecular formula is C18H17Cl2FN2O2. The molecule has 2 rings (SSSR count). The van der Waals surface area contributed by atoms with E-state index >= 15 is 0 Å². The van der Waals surface area contributed by atoms with Gasteiger partial charge in [-0.05, 0) is 36.2 Å². The van der Waals surface area contributed by atoms with Crippen molar-refractivity contribution in [3.05, 3.63) is 63.9 Å². The summed E-state index contributed by atoms with van der Waals surface area (Å²) < 4.78 is 13.7. The quantitative estimate of drug-likeness (QED) is 0.814. The van der Waals surface area contributed by atoms with Crippen molar-refractivity contribution in [2.24, 2.45) is 0 Å². The molecule has 0 heterocycles. The third-order valence-electron chi connectivity index (χ3n) is 3.54. The van der Waals surface area contributed by atoms with Gasteiger partial charge in [-0.1, -0.05) is 41.4 Å². The number of amides is 2. The summed E-state index contributed by atoms with van der Waals surface area (Å²) in [6.07, 6.45) is 0.322. The molecule has 25 heavy (non-hydrogen) atoms. The third kappa shape index (κ3) is 6.03. The molecule has 0 aromatic heterocycles. The van der Waals surface area contributed by atoms with Gasteiger partial charge in [0.05, 0.1) is 6.54 Å². The van der Waals surface area contributed by atoms with Crippen LogP contribution in [0.15, 0.2) is 42.5 Å². The number of anilines is 1. The van der Waals surface area contributed by atoms with Crippen LogP contribution in [0, 0.1) is 5.82 Å². The van der Waals surface area contributed by atoms with Gasteiger partial charge in [0.1, 0.15) is 5.82 Å². The molecule has 0 bridgehead atoms. The van der Waals surface area contributed by atoms with Crippen LogP contribution in [-0.2, 0) is 16.0 Å². The zero-order valence-electron chi connectivity index (χ0n) is 13.6. The molecule has 2 aromatic carbocycles. The zero-order chi connectivity index (χ0) is 18.4. The topological polar surface area (TPSA) is 49.4 Å². The molecule has 0 aliphatic carbocycles. The lowest BCUT2D eigenvalue weighted by Crippen LogP contribution is -2.38. The molecule has 132 valence electrons. The van der Waals surface area contributed by atoms with Gasteiger partial charge in [-0.3, -0.25) is 9.59 Å². The molecule has 0 spiro atoms. The Kier molecular flexibility index (Phi) is 6.79. The molecule has 0 radical (unpaired) electrons. The second-order valence-corrected chi connectivity index (χ2v) is 6.36. The Morgan fingerprint density at radius 2 is 1.76 bits per heavy atom. The fourth-order valence-electron chi connectivity index (χ4n) is 2.30. The highest BCUT2D eigenvalue weighted by Crippen LogP contribution is 2.22. The van der Waals surface area contributed by atoms with Crippen molar-refractivity contribution in [2.75, 3.05) is 18.4 Å². The zero-order valence-corrected chi connectivity index (χ0v) is 15.1. The molecule has 0 aliphatic heterocycles. The lowest BCUT2D eigenvalue weighted by atomic mass is 10.1. The molecule has 0 atom stereocenters. The van der Waals surface area contributed by atoms with Gasteiger partial charge >= 0.3 is 0 Å². The van der Waals surface area contributed by atoms with Crippen LogP contribution in [-0.4, -0.2) is 29.8 Å². The summed E-state index contributed by atoms with van der Waals surface area (Å²) in [6.45, 7) is 1.46. The number of nitrogens with one attached hydrogen (secondary N) is 1. The van der Waals surface area contributed by atoms with Crippen LogP contribution in [0.2, 0.25) is 10.0 Å². The van der Waals surface area contributed by atoms with Crippen LogP contribution in [0.3, 0.4) is 0 Å². The highest BCUT2D eigenvalue weighted by Gasteiger charge is 2.15. The Bertz CT molecular complexity index is 763. The second kappa shape index (κ2) is 8.83. The van der Waals surface area contributed by atoms with Crippen LogP contribution in [0.4, 0.5) is 10.1 Å². The lowest BCUT2D eigenvalue weighted by Gasteiger charge is -2.20. The van der Waals surface area contributed by atoms with Crippen molar-refractivity contribution in [2.45, 2.75) is 13.3 Å². The van der Waals surface area contributed by atoms with Gasteiger partial charge in [-0.25, -0.2) is 4.39 Å². The minimum atomic E-state index is -0.387. The maximum atomic E-state index is 13.7. The van der Waals surface area contributed by atoms with Gasteiger partial charge in [0.2, 0.25) is 11.8 Å². The summed E-state index contributed by atoms with van der Waals surface area (Å²) in [6, 6.07) is 11.0. The first kappa shape index (κ1) is 19.2. The molecule has 0 fully saturated rings. The molecule has 0 saturated carbocycles. The summed E-state index contributed by atoms with van der Waals surface area (Å²) in [5, 5.41) is 3.43. The maximum absolute atomic E-state index is 13.7. The van der Waals surface area contributed by atoms with E-state index in [1.54, 1.807) is 36.4 Å². The molecule has 2 aromatic rings. The molecule has 2 amide bonds. The average molecular weight is 383 g/mol. The van der Waals surface area contributed by atoms with E-state index in [9.17, 15) is 14.0 Å². The van der Waals surface area contributed by atoms with Gasteiger partial charge in [0.25, 0.3) is 0 Å². The molecule has 1 N–H and O–H groups in total. The van der Waals surface area contributed by atoms with E-state index in [-0.39, 0.29) is 30.7 Å². The first-order chi connectivity index (χ1) is 11.8. The Morgan fingerprint density at radius 3 is 2.36 bits per heavy atom. The van der Waals surface area contributed by atoms with Crippen molar-refractivity contribution < 1.29 is 14.0 Å². The van der Waals surface area contributed by atoms with E-state index in [0.29, 0.717) is 27.7 Å². The van der Waals surface area contributed by atoms with Crippen molar-refractivity contribution >= 4 is 40.7 Å². The minimum Gasteiger partial charge on any atom is -0.333 e. The summed E-state index contributed by atoms with van der Waals surface area (Å²) in [7, 11) is 0. The Morgan fingerprint density at radius 1 is 1.12 bits per heavy atom. The smallest absolute Gasteiger partial charge is 0.243 e. The van der Waals surface area contributed by atoms with Gasteiger partial charge < -0.3 is 10.2 Å². The molecule has 7 heteroatoms. The molecular weight excluding hydrogens is 366 g/mol. The Labute approximate surface area is 155 Å². The fraction of sp³-hybridized carbons (Fsp3) is 0.222. The van der Waals surface area contributed by atoms with Crippen LogP contribution in [0.1, 0.15) is 12.5 Å². The van der Waals surface area contributed by atoms with Gasteiger partial charge in [0, 0.05) is 29.2 Å². The number of carbonyl (C=O) groups excluding carboxylic acids is 2. The van der Waals surface area contributed by atoms with Gasteiger partial charge in [-0.2, -0.15) is 0 Å². The highest BCUT2D eigenvalue weighted by atomic mass is 35.5. The molecule has 0 saturated heterocycles. The average Bonchev–Trinajstić information content (AvgIpc) is 2.51. The predicted molar refractivity (Wildman–Crippen MR) is 97.4 cm³/mol. The van der Waals surface area contributed by atoms with E-state index < -0.39 is 0 Å². The summed E-state index contributed by atoms with van der Waals surface area (Å²) in [5.41, 5.74) is 0.941. The van der Waals surface area contributed by atoms with Crippen LogP contribution < -0.4 is 5.32 Å². The minimum absolute atomic E-state index is 0.145. The molecule has 0 aliphatic rings. The second-order valence-electron chi connectivity index (χ2n) is 5.49. The normalized spacial score (nSPS) is 10.4. The predicted octanol–water partition coefficient (Wildman–Crippen LogP) is 4.16. The molecule has 4 nitrogen and oxygen atoms in total. The van der Waals surface area contributed by atoms with E-state index in [1.165, 1.54) is 17.9 Å². The maximum Gasteiger partial charge on any atom is 0.243 e. The Balaban J connectivity index is 1.97. The standard InChI is InChI=1S/C18H17Cl2FN2O2/c1-12(24)23(7-6-13-4-2-3-5-17(13)21)11-18(25)22-16-9-14(19)8-15(20)10-16/h2-5,8-10H,6-7,11H2,1H3,(H,22,25). The van der Waals surface area contributed by atoms with E-state index in [2.05, 4.69) is 5.32 Å². The summed E-state index contributed by atoms with van der Waals surface area (Å²) in [4.78, 5) is 25.3. The van der Waals surface area contributed by atoms with Gasteiger partial charge in [-0.15, -0.1) is 0 Å². The van der Waals surface area contributed by atoms with Crippen molar-refractivity contribution in [3.63, 3.8) is 0 Å². The fourth-order valence-corrected chi connectivity index (χ4v) is 2.83. The summed E-state index contributed by atoms with van der Waals surface area (Å²) >= 11 is 11.8. The number of hydrogen-bond donors (Lipinski definition) is 1. The van der Waals surface area contributed by atoms with Crippen LogP contribution in [0.25, 0.3) is 0 Å². The highest BCUT2D eigenvalue weighted by molar-refractivity contribution is 6.35. The number of hydrogen-bond acceptors (Lipinski definition) is 2. The van der Waals surface area contributed by atoms with E-state index in [1.807, 2.05) is 0 Å². The number of rotatable bonds is 6. The third-order valence-corrected chi connectivity index (χ3v) is 3.97. The number of nitrogens with zero attached hydrogens (tertiary/aromatic N) is 1. The van der Waals surface area contributed by atoms with E-state index in [4.69, 9.17) is 23.2 Å². The largest absolute Gasteiger partial charge is 0.333 e. The first-order valence-electron chi connectivity index (χ1n) is 7.60. The van der Waals surface area contributed by atoms with E-state index in [0.717, 1.165) is 0 Å². The molecule has 0 unspecified atom stereocenters. The number of carbonyl (C=O) groups is 2. The van der Waals surface area contributed by atoms with Crippen molar-refractivity contribution in [1.82, 2.24) is 4.90 Å². The SMILES string of the molecule is CC(=O)N(CCc1ccccc1F)CC(=O)Nc1cc(Cl)cc(Cl)c1. The Hall–Kier alpha value is -2.11.